The minimum Gasteiger partial charge on any atom is -0.302 e. The van der Waals surface area contributed by atoms with Crippen molar-refractivity contribution in [1.82, 2.24) is 14.5 Å². The Labute approximate surface area is 238 Å². The highest BCUT2D eigenvalue weighted by atomic mass is 32.2. The molecule has 2 heterocycles. The summed E-state index contributed by atoms with van der Waals surface area (Å²) in [4.78, 5) is 9.33. The van der Waals surface area contributed by atoms with Gasteiger partial charge in [0.1, 0.15) is 16.2 Å². The number of sulfone groups is 1. The summed E-state index contributed by atoms with van der Waals surface area (Å²) in [5.41, 5.74) is 3.09. The molecule has 10 heteroatoms. The molecule has 0 bridgehead atoms. The topological polar surface area (TPSA) is 111 Å². The molecule has 41 heavy (non-hydrogen) atoms. The second-order valence-electron chi connectivity index (χ2n) is 9.75. The number of nitrogens with zero attached hydrogens (tertiary/aromatic N) is 3. The van der Waals surface area contributed by atoms with E-state index in [0.717, 1.165) is 11.1 Å². The lowest BCUT2D eigenvalue weighted by atomic mass is 10.1. The van der Waals surface area contributed by atoms with Crippen molar-refractivity contribution in [3.8, 4) is 0 Å². The smallest absolute Gasteiger partial charge is 0.263 e. The number of hydrogen-bond donors (Lipinski definition) is 1. The number of anilines is 1. The van der Waals surface area contributed by atoms with Crippen LogP contribution in [-0.2, 0) is 19.9 Å². The lowest BCUT2D eigenvalue weighted by Crippen LogP contribution is -2.20. The molecule has 0 aliphatic carbocycles. The fraction of sp³-hybridized carbons (Fsp3) is 0.0968. The van der Waals surface area contributed by atoms with Gasteiger partial charge >= 0.3 is 0 Å². The standard InChI is InChI=1S/C31H26N4O4S2/c1-21-17-19-25(20-18-21)41(38,39)34-31-29(40(36,37)24-13-7-4-8-14-24)28-30(33-27-16-10-9-15-26(27)32-28)35(31)22(2)23-11-5-3-6-12-23/h3-20,22,34H,1-2H3/t22-/m0/s1. The van der Waals surface area contributed by atoms with E-state index in [0.29, 0.717) is 11.0 Å². The molecule has 0 fully saturated rings. The highest BCUT2D eigenvalue weighted by Crippen LogP contribution is 2.41. The first-order valence-corrected chi connectivity index (χ1v) is 15.9. The van der Waals surface area contributed by atoms with E-state index in [2.05, 4.69) is 4.72 Å². The number of para-hydroxylation sites is 2. The van der Waals surface area contributed by atoms with Crippen LogP contribution in [0.3, 0.4) is 0 Å². The number of nitrogens with one attached hydrogen (secondary N) is 1. The maximum Gasteiger partial charge on any atom is 0.263 e. The summed E-state index contributed by atoms with van der Waals surface area (Å²) in [6.07, 6.45) is 0. The molecule has 0 spiro atoms. The number of aromatic nitrogens is 3. The highest BCUT2D eigenvalue weighted by Gasteiger charge is 2.35. The van der Waals surface area contributed by atoms with Gasteiger partial charge in [0.25, 0.3) is 10.0 Å². The van der Waals surface area contributed by atoms with Crippen molar-refractivity contribution >= 4 is 47.9 Å². The zero-order chi connectivity index (χ0) is 28.8. The van der Waals surface area contributed by atoms with Crippen molar-refractivity contribution in [3.63, 3.8) is 0 Å². The molecule has 1 N–H and O–H groups in total. The van der Waals surface area contributed by atoms with E-state index in [1.807, 2.05) is 50.2 Å². The monoisotopic (exact) mass is 582 g/mol. The van der Waals surface area contributed by atoms with E-state index >= 15 is 0 Å². The van der Waals surface area contributed by atoms with Crippen LogP contribution in [0.2, 0.25) is 0 Å². The third-order valence-electron chi connectivity index (χ3n) is 7.01. The molecule has 8 nitrogen and oxygen atoms in total. The molecular weight excluding hydrogens is 556 g/mol. The predicted molar refractivity (Wildman–Crippen MR) is 159 cm³/mol. The van der Waals surface area contributed by atoms with Gasteiger partial charge < -0.3 is 4.57 Å². The molecule has 6 aromatic rings. The molecule has 0 radical (unpaired) electrons. The van der Waals surface area contributed by atoms with Crippen molar-refractivity contribution < 1.29 is 16.8 Å². The normalized spacial score (nSPS) is 12.9. The third-order valence-corrected chi connectivity index (χ3v) is 10.2. The molecule has 0 saturated heterocycles. The number of hydrogen-bond acceptors (Lipinski definition) is 6. The van der Waals surface area contributed by atoms with Crippen LogP contribution in [0.15, 0.2) is 124 Å². The number of rotatable bonds is 7. The average Bonchev–Trinajstić information content (AvgIpc) is 3.29. The van der Waals surface area contributed by atoms with Gasteiger partial charge in [-0.2, -0.15) is 0 Å². The predicted octanol–water partition coefficient (Wildman–Crippen LogP) is 6.14. The summed E-state index contributed by atoms with van der Waals surface area (Å²) in [6, 6.07) is 30.3. The summed E-state index contributed by atoms with van der Waals surface area (Å²) < 4.78 is 60.5. The fourth-order valence-electron chi connectivity index (χ4n) is 4.87. The Morgan fingerprint density at radius 1 is 0.683 bits per heavy atom. The summed E-state index contributed by atoms with van der Waals surface area (Å²) in [5, 5.41) is 0. The van der Waals surface area contributed by atoms with Crippen LogP contribution in [0.5, 0.6) is 0 Å². The Bertz CT molecular complexity index is 2110. The first-order valence-electron chi connectivity index (χ1n) is 12.9. The van der Waals surface area contributed by atoms with Crippen LogP contribution in [-0.4, -0.2) is 31.4 Å². The molecule has 0 saturated carbocycles. The van der Waals surface area contributed by atoms with E-state index in [1.165, 1.54) is 24.3 Å². The summed E-state index contributed by atoms with van der Waals surface area (Å²) in [5.74, 6) is -0.129. The molecule has 2 aromatic heterocycles. The van der Waals surface area contributed by atoms with Gasteiger partial charge in [-0.1, -0.05) is 78.4 Å². The molecular formula is C31H26N4O4S2. The van der Waals surface area contributed by atoms with Gasteiger partial charge in [-0.25, -0.2) is 26.8 Å². The van der Waals surface area contributed by atoms with Gasteiger partial charge in [-0.15, -0.1) is 0 Å². The Morgan fingerprint density at radius 3 is 1.88 bits per heavy atom. The van der Waals surface area contributed by atoms with Crippen LogP contribution in [0.1, 0.15) is 24.1 Å². The van der Waals surface area contributed by atoms with E-state index in [-0.39, 0.29) is 31.7 Å². The highest BCUT2D eigenvalue weighted by molar-refractivity contribution is 7.93. The fourth-order valence-corrected chi connectivity index (χ4v) is 7.55. The molecule has 0 amide bonds. The average molecular weight is 583 g/mol. The molecule has 6 rings (SSSR count). The van der Waals surface area contributed by atoms with Crippen LogP contribution in [0.25, 0.3) is 22.2 Å². The summed E-state index contributed by atoms with van der Waals surface area (Å²) in [7, 11) is -8.49. The van der Waals surface area contributed by atoms with Gasteiger partial charge in [0, 0.05) is 0 Å². The van der Waals surface area contributed by atoms with Crippen molar-refractivity contribution in [3.05, 3.63) is 120 Å². The molecule has 0 unspecified atom stereocenters. The van der Waals surface area contributed by atoms with Crippen LogP contribution >= 0.6 is 0 Å². The van der Waals surface area contributed by atoms with E-state index in [9.17, 15) is 16.8 Å². The van der Waals surface area contributed by atoms with Crippen molar-refractivity contribution in [2.45, 2.75) is 34.6 Å². The van der Waals surface area contributed by atoms with Crippen molar-refractivity contribution in [2.75, 3.05) is 4.72 Å². The minimum absolute atomic E-state index is 0.00130. The Kier molecular flexibility index (Phi) is 6.59. The zero-order valence-corrected chi connectivity index (χ0v) is 23.9. The summed E-state index contributed by atoms with van der Waals surface area (Å²) in [6.45, 7) is 3.73. The largest absolute Gasteiger partial charge is 0.302 e. The minimum atomic E-state index is -4.27. The number of benzene rings is 4. The Morgan fingerprint density at radius 2 is 1.24 bits per heavy atom. The third kappa shape index (κ3) is 4.75. The van der Waals surface area contributed by atoms with E-state index in [1.54, 1.807) is 53.1 Å². The Hall–Kier alpha value is -4.54. The van der Waals surface area contributed by atoms with Crippen molar-refractivity contribution in [2.24, 2.45) is 0 Å². The number of sulfonamides is 1. The van der Waals surface area contributed by atoms with Crippen LogP contribution in [0.4, 0.5) is 5.82 Å². The van der Waals surface area contributed by atoms with Gasteiger partial charge in [0.2, 0.25) is 9.84 Å². The first kappa shape index (κ1) is 26.7. The van der Waals surface area contributed by atoms with Gasteiger partial charge in [-0.3, -0.25) is 4.72 Å². The molecule has 1 atom stereocenters. The molecule has 4 aromatic carbocycles. The van der Waals surface area contributed by atoms with E-state index < -0.39 is 25.9 Å². The maximum atomic E-state index is 14.3. The number of aryl methyl sites for hydroxylation is 1. The Balaban J connectivity index is 1.73. The summed E-state index contributed by atoms with van der Waals surface area (Å²) >= 11 is 0. The SMILES string of the molecule is Cc1ccc(S(=O)(=O)Nc2c(S(=O)(=O)c3ccccc3)c3nc4ccccc4nc3n2[C@@H](C)c2ccccc2)cc1. The van der Waals surface area contributed by atoms with Crippen LogP contribution in [0, 0.1) is 6.92 Å². The van der Waals surface area contributed by atoms with Gasteiger partial charge in [0.15, 0.2) is 5.65 Å². The second kappa shape index (κ2) is 10.1. The lowest BCUT2D eigenvalue weighted by molar-refractivity contribution is 0.595. The molecule has 0 aliphatic rings. The quantitative estimate of drug-likeness (QED) is 0.242. The first-order chi connectivity index (χ1) is 19.7. The molecule has 206 valence electrons. The van der Waals surface area contributed by atoms with Gasteiger partial charge in [-0.05, 0) is 55.8 Å². The van der Waals surface area contributed by atoms with E-state index in [4.69, 9.17) is 9.97 Å². The van der Waals surface area contributed by atoms with Crippen molar-refractivity contribution in [1.29, 1.82) is 0 Å². The second-order valence-corrected chi connectivity index (χ2v) is 13.3. The number of fused-ring (bicyclic) bond motifs is 2. The van der Waals surface area contributed by atoms with Gasteiger partial charge in [0.05, 0.1) is 26.9 Å². The molecule has 0 aliphatic heterocycles. The van der Waals surface area contributed by atoms with Crippen LogP contribution < -0.4 is 4.72 Å². The maximum absolute atomic E-state index is 14.3. The lowest BCUT2D eigenvalue weighted by Gasteiger charge is -2.20. The zero-order valence-electron chi connectivity index (χ0n) is 22.3.